The molecular formula is C35H43N3O3S2. The van der Waals surface area contributed by atoms with E-state index in [-0.39, 0.29) is 11.8 Å². The molecule has 0 atom stereocenters. The highest BCUT2D eigenvalue weighted by molar-refractivity contribution is 7.99. The second kappa shape index (κ2) is 15.5. The molecule has 6 nitrogen and oxygen atoms in total. The maximum Gasteiger partial charge on any atom is 0.307 e. The fourth-order valence-electron chi connectivity index (χ4n) is 4.66. The third-order valence-electron chi connectivity index (χ3n) is 7.27. The number of thioether (sulfide) groups is 1. The highest BCUT2D eigenvalue weighted by atomic mass is 32.2. The Morgan fingerprint density at radius 2 is 1.60 bits per heavy atom. The Balaban J connectivity index is 1.47. The molecule has 4 aromatic rings. The largest absolute Gasteiger partial charge is 0.493 e. The van der Waals surface area contributed by atoms with Crippen LogP contribution in [-0.4, -0.2) is 32.4 Å². The van der Waals surface area contributed by atoms with Gasteiger partial charge in [-0.25, -0.2) is 0 Å². The summed E-state index contributed by atoms with van der Waals surface area (Å²) in [6.07, 6.45) is 5.98. The quantitative estimate of drug-likeness (QED) is 0.105. The number of aromatic nitrogens is 3. The Kier molecular flexibility index (Phi) is 11.8. The van der Waals surface area contributed by atoms with Crippen molar-refractivity contribution in [3.8, 4) is 17.1 Å². The SMILES string of the molecule is CCCCCCCOc1cc(Sc2nnc(-c3ccc(C(C)(C)C)cc3)n2C)ccc1CSc1ccc(CC(=O)O)cc1. The summed E-state index contributed by atoms with van der Waals surface area (Å²) >= 11 is 3.31. The van der Waals surface area contributed by atoms with Gasteiger partial charge in [0.2, 0.25) is 0 Å². The van der Waals surface area contributed by atoms with Crippen molar-refractivity contribution in [2.45, 2.75) is 92.3 Å². The van der Waals surface area contributed by atoms with E-state index in [1.54, 1.807) is 23.5 Å². The van der Waals surface area contributed by atoms with Gasteiger partial charge >= 0.3 is 5.97 Å². The molecule has 0 aliphatic rings. The van der Waals surface area contributed by atoms with Crippen molar-refractivity contribution in [3.63, 3.8) is 0 Å². The van der Waals surface area contributed by atoms with Crippen molar-refractivity contribution in [2.75, 3.05) is 6.61 Å². The van der Waals surface area contributed by atoms with E-state index in [4.69, 9.17) is 9.84 Å². The molecule has 0 amide bonds. The van der Waals surface area contributed by atoms with Gasteiger partial charge in [0.1, 0.15) is 5.75 Å². The van der Waals surface area contributed by atoms with Gasteiger partial charge in [0.25, 0.3) is 0 Å². The summed E-state index contributed by atoms with van der Waals surface area (Å²) in [7, 11) is 2.01. The van der Waals surface area contributed by atoms with Crippen LogP contribution in [-0.2, 0) is 29.4 Å². The van der Waals surface area contributed by atoms with E-state index >= 15 is 0 Å². The van der Waals surface area contributed by atoms with E-state index < -0.39 is 5.97 Å². The fourth-order valence-corrected chi connectivity index (χ4v) is 6.37. The summed E-state index contributed by atoms with van der Waals surface area (Å²) in [5.74, 6) is 1.68. The monoisotopic (exact) mass is 617 g/mol. The third kappa shape index (κ3) is 9.63. The molecule has 3 aromatic carbocycles. The molecule has 1 N–H and O–H groups in total. The molecule has 0 unspecified atom stereocenters. The summed E-state index contributed by atoms with van der Waals surface area (Å²) in [5, 5.41) is 18.9. The molecule has 228 valence electrons. The Morgan fingerprint density at radius 3 is 2.28 bits per heavy atom. The number of hydrogen-bond acceptors (Lipinski definition) is 6. The van der Waals surface area contributed by atoms with Crippen molar-refractivity contribution in [1.82, 2.24) is 14.8 Å². The van der Waals surface area contributed by atoms with E-state index in [0.717, 1.165) is 55.4 Å². The van der Waals surface area contributed by atoms with Crippen molar-refractivity contribution in [3.05, 3.63) is 83.4 Å². The molecule has 0 aliphatic carbocycles. The summed E-state index contributed by atoms with van der Waals surface area (Å²) in [6, 6.07) is 22.7. The smallest absolute Gasteiger partial charge is 0.307 e. The van der Waals surface area contributed by atoms with Gasteiger partial charge in [-0.05, 0) is 59.0 Å². The lowest BCUT2D eigenvalue weighted by atomic mass is 9.87. The predicted octanol–water partition coefficient (Wildman–Crippen LogP) is 9.20. The van der Waals surface area contributed by atoms with Crippen LogP contribution in [0.25, 0.3) is 11.4 Å². The first-order valence-electron chi connectivity index (χ1n) is 15.0. The third-order valence-corrected chi connectivity index (χ3v) is 9.36. The Hall–Kier alpha value is -3.23. The Morgan fingerprint density at radius 1 is 0.907 bits per heavy atom. The summed E-state index contributed by atoms with van der Waals surface area (Å²) in [6.45, 7) is 9.57. The van der Waals surface area contributed by atoms with Crippen LogP contribution in [0.1, 0.15) is 76.5 Å². The van der Waals surface area contributed by atoms with Crippen LogP contribution >= 0.6 is 23.5 Å². The zero-order valence-electron chi connectivity index (χ0n) is 25.9. The number of carboxylic acids is 1. The number of unbranched alkanes of at least 4 members (excludes halogenated alkanes) is 4. The van der Waals surface area contributed by atoms with Gasteiger partial charge < -0.3 is 14.4 Å². The van der Waals surface area contributed by atoms with Crippen LogP contribution in [0, 0.1) is 0 Å². The molecule has 1 heterocycles. The number of carbonyl (C=O) groups is 1. The summed E-state index contributed by atoms with van der Waals surface area (Å²) < 4.78 is 8.40. The van der Waals surface area contributed by atoms with Crippen molar-refractivity contribution >= 4 is 29.5 Å². The van der Waals surface area contributed by atoms with Crippen LogP contribution in [0.4, 0.5) is 0 Å². The van der Waals surface area contributed by atoms with Crippen LogP contribution in [0.5, 0.6) is 5.75 Å². The first-order valence-corrected chi connectivity index (χ1v) is 16.8. The number of carboxylic acid groups (broad SMARTS) is 1. The Bertz CT molecular complexity index is 1480. The first-order chi connectivity index (χ1) is 20.6. The molecule has 8 heteroatoms. The zero-order valence-corrected chi connectivity index (χ0v) is 27.6. The van der Waals surface area contributed by atoms with Gasteiger partial charge in [0.05, 0.1) is 13.0 Å². The van der Waals surface area contributed by atoms with Crippen LogP contribution in [0.2, 0.25) is 0 Å². The molecule has 0 saturated carbocycles. The maximum atomic E-state index is 11.0. The molecule has 43 heavy (non-hydrogen) atoms. The maximum absolute atomic E-state index is 11.0. The summed E-state index contributed by atoms with van der Waals surface area (Å²) in [5.41, 5.74) is 4.38. The minimum Gasteiger partial charge on any atom is -0.493 e. The standard InChI is InChI=1S/C35H43N3O3S2/c1-6-7-8-9-10-21-41-31-23-30(20-15-27(31)24-42-29-18-11-25(12-19-29)22-32(39)40)43-34-37-36-33(38(34)5)26-13-16-28(17-14-26)35(2,3)4/h11-20,23H,6-10,21-22,24H2,1-5H3,(H,39,40). The van der Waals surface area contributed by atoms with Crippen molar-refractivity contribution in [1.29, 1.82) is 0 Å². The number of ether oxygens (including phenoxy) is 1. The van der Waals surface area contributed by atoms with Crippen molar-refractivity contribution in [2.24, 2.45) is 7.05 Å². The molecular weight excluding hydrogens is 575 g/mol. The van der Waals surface area contributed by atoms with Gasteiger partial charge in [-0.3, -0.25) is 4.79 Å². The molecule has 0 radical (unpaired) electrons. The van der Waals surface area contributed by atoms with E-state index in [1.807, 2.05) is 35.9 Å². The topological polar surface area (TPSA) is 77.2 Å². The van der Waals surface area contributed by atoms with Gasteiger partial charge in [-0.2, -0.15) is 0 Å². The zero-order chi connectivity index (χ0) is 30.8. The molecule has 1 aromatic heterocycles. The molecule has 0 bridgehead atoms. The number of hydrogen-bond donors (Lipinski definition) is 1. The molecule has 0 fully saturated rings. The average molecular weight is 618 g/mol. The van der Waals surface area contributed by atoms with Crippen LogP contribution < -0.4 is 4.74 Å². The highest BCUT2D eigenvalue weighted by Crippen LogP contribution is 2.35. The van der Waals surface area contributed by atoms with Gasteiger partial charge in [-0.15, -0.1) is 22.0 Å². The normalized spacial score (nSPS) is 11.6. The minimum atomic E-state index is -0.817. The number of benzene rings is 3. The molecule has 0 aliphatic heterocycles. The van der Waals surface area contributed by atoms with E-state index in [2.05, 4.69) is 80.4 Å². The second-order valence-electron chi connectivity index (χ2n) is 11.8. The molecule has 0 spiro atoms. The van der Waals surface area contributed by atoms with Crippen LogP contribution in [0.15, 0.2) is 81.7 Å². The van der Waals surface area contributed by atoms with Gasteiger partial charge in [0, 0.05) is 33.7 Å². The van der Waals surface area contributed by atoms with Crippen LogP contribution in [0.3, 0.4) is 0 Å². The first kappa shape index (κ1) is 32.7. The van der Waals surface area contributed by atoms with E-state index in [9.17, 15) is 4.79 Å². The van der Waals surface area contributed by atoms with Gasteiger partial charge in [-0.1, -0.05) is 95.8 Å². The molecule has 4 rings (SSSR count). The van der Waals surface area contributed by atoms with Crippen molar-refractivity contribution < 1.29 is 14.6 Å². The predicted molar refractivity (Wildman–Crippen MR) is 177 cm³/mol. The number of aliphatic carboxylic acids is 1. The highest BCUT2D eigenvalue weighted by Gasteiger charge is 2.17. The van der Waals surface area contributed by atoms with E-state index in [0.29, 0.717) is 6.61 Å². The minimum absolute atomic E-state index is 0.0385. The van der Waals surface area contributed by atoms with E-state index in [1.165, 1.54) is 31.2 Å². The Labute approximate surface area is 264 Å². The lowest BCUT2D eigenvalue weighted by molar-refractivity contribution is -0.136. The number of rotatable bonds is 15. The van der Waals surface area contributed by atoms with Gasteiger partial charge in [0.15, 0.2) is 11.0 Å². The summed E-state index contributed by atoms with van der Waals surface area (Å²) in [4.78, 5) is 13.2. The molecule has 0 saturated heterocycles. The lowest BCUT2D eigenvalue weighted by Gasteiger charge is -2.19. The fraction of sp³-hybridized carbons (Fsp3) is 0.400. The average Bonchev–Trinajstić information content (AvgIpc) is 3.34. The lowest BCUT2D eigenvalue weighted by Crippen LogP contribution is -2.10. The number of nitrogens with zero attached hydrogens (tertiary/aromatic N) is 3. The second-order valence-corrected chi connectivity index (χ2v) is 13.9.